The maximum absolute atomic E-state index is 10.3. The van der Waals surface area contributed by atoms with Crippen LogP contribution in [0.15, 0.2) is 64.6 Å². The van der Waals surface area contributed by atoms with E-state index in [9.17, 15) is 10.2 Å². The number of rotatable bonds is 1. The van der Waals surface area contributed by atoms with Crippen molar-refractivity contribution in [3.8, 4) is 0 Å². The van der Waals surface area contributed by atoms with E-state index in [1.807, 2.05) is 24.3 Å². The molecule has 2 aliphatic carbocycles. The van der Waals surface area contributed by atoms with Crippen LogP contribution in [-0.4, -0.2) is 16.8 Å². The van der Waals surface area contributed by atoms with Crippen molar-refractivity contribution in [2.75, 3.05) is 6.54 Å². The van der Waals surface area contributed by atoms with Crippen LogP contribution in [0.2, 0.25) is 0 Å². The first-order chi connectivity index (χ1) is 10.3. The molecule has 0 fully saturated rings. The summed E-state index contributed by atoms with van der Waals surface area (Å²) in [6, 6.07) is 10.4. The van der Waals surface area contributed by atoms with Gasteiger partial charge in [0, 0.05) is 6.42 Å². The predicted molar refractivity (Wildman–Crippen MR) is 92.2 cm³/mol. The van der Waals surface area contributed by atoms with Gasteiger partial charge in [-0.1, -0.05) is 30.3 Å². The van der Waals surface area contributed by atoms with Crippen molar-refractivity contribution < 1.29 is 10.2 Å². The Bertz CT molecular complexity index is 676. The lowest BCUT2D eigenvalue weighted by Crippen LogP contribution is -2.22. The van der Waals surface area contributed by atoms with Crippen LogP contribution in [0.1, 0.15) is 30.9 Å². The van der Waals surface area contributed by atoms with E-state index < -0.39 is 0 Å². The highest BCUT2D eigenvalue weighted by molar-refractivity contribution is 8.93. The molecule has 3 aliphatic rings. The number of halogens is 1. The number of hydrogen-bond acceptors (Lipinski definition) is 3. The topological polar surface area (TPSA) is 52.5 Å². The third-order valence-corrected chi connectivity index (χ3v) is 4.84. The lowest BCUT2D eigenvalue weighted by molar-refractivity contribution is 0.333. The maximum Gasteiger partial charge on any atom is 0.126 e. The first-order valence-electron chi connectivity index (χ1n) is 7.61. The van der Waals surface area contributed by atoms with Crippen LogP contribution in [0, 0.1) is 5.92 Å². The molecular weight excluding hydrogens is 342 g/mol. The van der Waals surface area contributed by atoms with E-state index in [0.29, 0.717) is 23.7 Å². The Labute approximate surface area is 140 Å². The van der Waals surface area contributed by atoms with E-state index in [-0.39, 0.29) is 28.8 Å². The summed E-state index contributed by atoms with van der Waals surface area (Å²) in [6.45, 7) is 0.958. The Kier molecular flexibility index (Phi) is 4.15. The first-order valence-corrected chi connectivity index (χ1v) is 7.61. The summed E-state index contributed by atoms with van der Waals surface area (Å²) in [5, 5.41) is 24.0. The number of nitrogens with one attached hydrogen (secondary N) is 1. The van der Waals surface area contributed by atoms with E-state index in [1.165, 1.54) is 5.56 Å². The molecule has 1 aliphatic heterocycles. The second kappa shape index (κ2) is 5.94. The molecule has 116 valence electrons. The fraction of sp³-hybridized carbons (Fsp3) is 0.333. The third kappa shape index (κ3) is 2.31. The molecule has 1 aromatic carbocycles. The smallest absolute Gasteiger partial charge is 0.126 e. The van der Waals surface area contributed by atoms with E-state index in [0.717, 1.165) is 30.5 Å². The average Bonchev–Trinajstić information content (AvgIpc) is 2.74. The zero-order valence-corrected chi connectivity index (χ0v) is 14.0. The van der Waals surface area contributed by atoms with Crippen molar-refractivity contribution in [3.63, 3.8) is 0 Å². The molecule has 2 atom stereocenters. The molecule has 0 spiro atoms. The highest BCUT2D eigenvalue weighted by Crippen LogP contribution is 2.48. The zero-order valence-electron chi connectivity index (χ0n) is 12.2. The lowest BCUT2D eigenvalue weighted by Gasteiger charge is -2.25. The Morgan fingerprint density at radius 3 is 2.59 bits per heavy atom. The number of hydrogen-bond donors (Lipinski definition) is 3. The number of aliphatic hydroxyl groups excluding tert-OH is 2. The van der Waals surface area contributed by atoms with Crippen LogP contribution in [0.3, 0.4) is 0 Å². The van der Waals surface area contributed by atoms with Crippen molar-refractivity contribution in [3.05, 3.63) is 70.2 Å². The normalized spacial score (nSPS) is 27.0. The van der Waals surface area contributed by atoms with Gasteiger partial charge in [-0.25, -0.2) is 0 Å². The molecule has 4 rings (SSSR count). The molecule has 3 N–H and O–H groups in total. The van der Waals surface area contributed by atoms with Gasteiger partial charge in [-0.05, 0) is 48.1 Å². The van der Waals surface area contributed by atoms with Crippen LogP contribution in [0.25, 0.3) is 0 Å². The molecule has 0 unspecified atom stereocenters. The molecule has 0 radical (unpaired) electrons. The van der Waals surface area contributed by atoms with E-state index >= 15 is 0 Å². The molecule has 1 aromatic rings. The molecule has 4 heteroatoms. The van der Waals surface area contributed by atoms with Crippen LogP contribution >= 0.6 is 17.0 Å². The summed E-state index contributed by atoms with van der Waals surface area (Å²) in [4.78, 5) is 0. The second-order valence-corrected chi connectivity index (χ2v) is 6.04. The Balaban J connectivity index is 0.00000144. The zero-order chi connectivity index (χ0) is 14.4. The summed E-state index contributed by atoms with van der Waals surface area (Å²) < 4.78 is 0. The van der Waals surface area contributed by atoms with Gasteiger partial charge in [0.15, 0.2) is 0 Å². The van der Waals surface area contributed by atoms with Crippen molar-refractivity contribution in [2.45, 2.75) is 25.3 Å². The monoisotopic (exact) mass is 361 g/mol. The fourth-order valence-electron chi connectivity index (χ4n) is 3.89. The summed E-state index contributed by atoms with van der Waals surface area (Å²) in [6.07, 6.45) is 4.54. The van der Waals surface area contributed by atoms with Gasteiger partial charge in [0.05, 0.1) is 11.6 Å². The molecule has 22 heavy (non-hydrogen) atoms. The van der Waals surface area contributed by atoms with Crippen LogP contribution in [-0.2, 0) is 0 Å². The maximum atomic E-state index is 10.3. The summed E-state index contributed by atoms with van der Waals surface area (Å²) in [5.41, 5.74) is 4.19. The quantitative estimate of drug-likeness (QED) is 0.699. The van der Waals surface area contributed by atoms with Gasteiger partial charge in [0.1, 0.15) is 11.5 Å². The molecule has 1 heterocycles. The first kappa shape index (κ1) is 15.4. The van der Waals surface area contributed by atoms with Crippen LogP contribution in [0.4, 0.5) is 0 Å². The third-order valence-electron chi connectivity index (χ3n) is 4.84. The molecule has 0 amide bonds. The standard InChI is InChI=1S/C18H19NO2.BrH/c20-14-7-6-11-8-9-19-18(12-4-2-1-3-5-12)13-10-15(21)17(14)16(11)13;/h1-5,10-11,18-21H,6-9H2;1H/t11-,18-;/m1./s1. The minimum absolute atomic E-state index is 0. The second-order valence-electron chi connectivity index (χ2n) is 6.04. The highest BCUT2D eigenvalue weighted by atomic mass is 79.9. The van der Waals surface area contributed by atoms with Crippen molar-refractivity contribution in [1.29, 1.82) is 0 Å². The van der Waals surface area contributed by atoms with Gasteiger partial charge in [-0.3, -0.25) is 0 Å². The summed E-state index contributed by atoms with van der Waals surface area (Å²) in [7, 11) is 0. The van der Waals surface area contributed by atoms with Crippen molar-refractivity contribution in [1.82, 2.24) is 5.32 Å². The highest BCUT2D eigenvalue weighted by Gasteiger charge is 2.38. The van der Waals surface area contributed by atoms with Gasteiger partial charge in [0.25, 0.3) is 0 Å². The van der Waals surface area contributed by atoms with E-state index in [2.05, 4.69) is 17.4 Å². The van der Waals surface area contributed by atoms with Crippen LogP contribution < -0.4 is 5.32 Å². The molecule has 0 saturated heterocycles. The molecule has 0 aromatic heterocycles. The van der Waals surface area contributed by atoms with E-state index in [4.69, 9.17) is 0 Å². The SMILES string of the molecule is Br.OC1=CC2=C3C1=C(O)CC[C@@H]3CCN[C@@H]2c1ccccc1. The number of benzene rings is 1. The fourth-order valence-corrected chi connectivity index (χ4v) is 3.89. The van der Waals surface area contributed by atoms with Crippen LogP contribution in [0.5, 0.6) is 0 Å². The van der Waals surface area contributed by atoms with Crippen molar-refractivity contribution in [2.24, 2.45) is 5.92 Å². The number of allylic oxidation sites excluding steroid dienone is 2. The van der Waals surface area contributed by atoms with Crippen molar-refractivity contribution >= 4 is 17.0 Å². The molecule has 0 bridgehead atoms. The molecule has 0 saturated carbocycles. The molecular formula is C18H20BrNO2. The van der Waals surface area contributed by atoms with Gasteiger partial charge in [-0.2, -0.15) is 0 Å². The minimum atomic E-state index is 0. The predicted octanol–water partition coefficient (Wildman–Crippen LogP) is 4.27. The Morgan fingerprint density at radius 2 is 1.82 bits per heavy atom. The van der Waals surface area contributed by atoms with Gasteiger partial charge in [0.2, 0.25) is 0 Å². The Morgan fingerprint density at radius 1 is 1.05 bits per heavy atom. The summed E-state index contributed by atoms with van der Waals surface area (Å²) >= 11 is 0. The average molecular weight is 362 g/mol. The largest absolute Gasteiger partial charge is 0.512 e. The van der Waals surface area contributed by atoms with Gasteiger partial charge < -0.3 is 15.5 Å². The van der Waals surface area contributed by atoms with E-state index in [1.54, 1.807) is 0 Å². The lowest BCUT2D eigenvalue weighted by atomic mass is 9.80. The summed E-state index contributed by atoms with van der Waals surface area (Å²) in [5.74, 6) is 1.01. The van der Waals surface area contributed by atoms with Gasteiger partial charge >= 0.3 is 0 Å². The minimum Gasteiger partial charge on any atom is -0.512 e. The molecule has 3 nitrogen and oxygen atoms in total. The Hall–Kier alpha value is -1.52. The van der Waals surface area contributed by atoms with Gasteiger partial charge in [-0.15, -0.1) is 17.0 Å². The number of aliphatic hydroxyl groups is 2.